The molecule has 4 saturated carbocycles. The van der Waals surface area contributed by atoms with Gasteiger partial charge in [0.25, 0.3) is 23.6 Å². The molecule has 16 aromatic rings. The van der Waals surface area contributed by atoms with Crippen molar-refractivity contribution in [2.24, 2.45) is 23.7 Å². The first kappa shape index (κ1) is 93.0. The van der Waals surface area contributed by atoms with Gasteiger partial charge in [0.1, 0.15) is 33.1 Å². The zero-order valence-corrected chi connectivity index (χ0v) is 78.2. The fraction of sp³-hybridized carbons (Fsp3) is 0.343. The van der Waals surface area contributed by atoms with Crippen LogP contribution in [0.15, 0.2) is 220 Å². The summed E-state index contributed by atoms with van der Waals surface area (Å²) in [5, 5.41) is 41.7. The van der Waals surface area contributed by atoms with Crippen molar-refractivity contribution >= 4 is 45.0 Å². The molecule has 4 aromatic carbocycles. The molecule has 36 nitrogen and oxygen atoms in total. The molecule has 4 aliphatic carbocycles. The van der Waals surface area contributed by atoms with Crippen LogP contribution in [-0.4, -0.2) is 177 Å². The van der Waals surface area contributed by atoms with Gasteiger partial charge >= 0.3 is 0 Å². The number of aryl methyl sites for hydroxylation is 2. The molecule has 136 heavy (non-hydrogen) atoms. The SMILES string of the molecule is CC(O)CNc1ccc(-c2nc(C(C)(c3ccc(-c4cnc(N)nc4)cc3)C3CC3)no2)cn1.CC(c1ccc(-c2cnc(N)nc2)cc1)(c1noc(-c2ccc(NCCS(C)(=O)=O)nc2)n1)C1CC1.COCCn1cc(-c2nc([C@@](C)(c3ccc(-c4cnc(N)c(C)c4)cc3)C3CC3)no2)cn1.COCCn1cc(-c2nc([C@@](C)(c3ccc(-c4cnc(N)c(C)n4)cc3)C3CC3)no2)cn1. The van der Waals surface area contributed by atoms with Crippen LogP contribution >= 0.6 is 0 Å². The topological polar surface area (TPSA) is 508 Å². The van der Waals surface area contributed by atoms with Gasteiger partial charge in [-0.2, -0.15) is 30.1 Å². The molecule has 3 unspecified atom stereocenters. The van der Waals surface area contributed by atoms with Crippen LogP contribution in [-0.2, 0) is 54.1 Å². The summed E-state index contributed by atoms with van der Waals surface area (Å²) in [7, 11) is 0.311. The Labute approximate surface area is 786 Å². The molecule has 0 amide bonds. The molecule has 0 bridgehead atoms. The van der Waals surface area contributed by atoms with E-state index < -0.39 is 21.4 Å². The summed E-state index contributed by atoms with van der Waals surface area (Å²) in [6.07, 6.45) is 30.8. The first-order valence-corrected chi connectivity index (χ1v) is 47.3. The fourth-order valence-corrected chi connectivity index (χ4v) is 17.3. The van der Waals surface area contributed by atoms with Gasteiger partial charge in [0.15, 0.2) is 23.3 Å². The average Bonchev–Trinajstić information content (AvgIpc) is 1.64. The molecule has 4 aliphatic rings. The van der Waals surface area contributed by atoms with E-state index in [0.717, 1.165) is 141 Å². The highest BCUT2D eigenvalue weighted by Crippen LogP contribution is 2.55. The van der Waals surface area contributed by atoms with Gasteiger partial charge in [-0.05, 0) is 198 Å². The molecule has 11 N–H and O–H groups in total. The lowest BCUT2D eigenvalue weighted by Crippen LogP contribution is -2.28. The van der Waals surface area contributed by atoms with Crippen LogP contribution in [0, 0.1) is 37.5 Å². The zero-order chi connectivity index (χ0) is 95.0. The summed E-state index contributed by atoms with van der Waals surface area (Å²) >= 11 is 0. The molecule has 0 aliphatic heterocycles. The second kappa shape index (κ2) is 39.8. The number of hydrogen-bond donors (Lipinski definition) is 7. The van der Waals surface area contributed by atoms with Crippen molar-refractivity contribution < 1.29 is 41.1 Å². The minimum Gasteiger partial charge on any atom is -0.392 e. The lowest BCUT2D eigenvalue weighted by molar-refractivity contribution is 0.183. The molecule has 5 atom stereocenters. The van der Waals surface area contributed by atoms with E-state index >= 15 is 0 Å². The molecular formula is C99H109N27O9S. The molecular weight excluding hydrogens is 1740 g/mol. The third kappa shape index (κ3) is 21.1. The van der Waals surface area contributed by atoms with E-state index in [1.807, 2.05) is 72.1 Å². The van der Waals surface area contributed by atoms with Crippen molar-refractivity contribution in [1.29, 1.82) is 0 Å². The van der Waals surface area contributed by atoms with Gasteiger partial charge in [-0.3, -0.25) is 9.36 Å². The second-order valence-electron chi connectivity index (χ2n) is 35.8. The standard InChI is InChI=1S/C25H27N7O3S.C25H27N7O2.C25H28N6O2.C24H27N7O2/c1-25(20-8-9-20,19-6-3-16(4-7-19)18-14-29-24(26)30-15-18)23-31-22(35-32-23)17-5-10-21(28-13-17)27-11-12-36(2,33)34;1-15(33)11-27-21-10-5-17(12-28-21)22-31-23(32-34-22)25(2,20-8-9-20)19-6-3-16(4-7-19)18-13-29-24(26)30-14-18;1-16-12-18(13-27-22(16)26)17-4-6-20(7-5-17)25(2,21-8-9-21)24-29-23(33-30-24)19-14-28-31(15-19)10-11-32-3;1-15-21(25)26-13-20(28-15)16-4-6-18(7-5-16)24(2,19-8-9-19)23-29-22(33-30-23)17-12-27-31(14-17)10-11-32-3/h3-7,10,13-15,20H,8-9,11-12H2,1-2H3,(H,27,28)(H2,26,29,30);3-7,10,12-15,20,33H,8-9,11H2,1-2H3,(H,27,28)(H2,26,29,30);4-7,12-15,21H,8-11H2,1-3H3,(H2,26,27);4-7,12-14,19H,8-11H2,1-3H3,(H2,25,26)/t;;25-;24-/m..00/s1. The summed E-state index contributed by atoms with van der Waals surface area (Å²) in [6.45, 7) is 17.6. The number of nitrogen functional groups attached to an aromatic ring is 4. The normalized spacial score (nSPS) is 15.6. The Hall–Kier alpha value is -14.8. The van der Waals surface area contributed by atoms with Crippen molar-refractivity contribution in [3.63, 3.8) is 0 Å². The van der Waals surface area contributed by atoms with Crippen LogP contribution in [0.4, 0.5) is 35.2 Å². The largest absolute Gasteiger partial charge is 0.392 e. The number of benzene rings is 4. The minimum absolute atomic E-state index is 0.0396. The first-order valence-electron chi connectivity index (χ1n) is 45.2. The van der Waals surface area contributed by atoms with E-state index in [9.17, 15) is 13.5 Å². The van der Waals surface area contributed by atoms with Crippen molar-refractivity contribution in [2.45, 2.75) is 141 Å². The number of rotatable bonds is 33. The predicted molar refractivity (Wildman–Crippen MR) is 514 cm³/mol. The van der Waals surface area contributed by atoms with Gasteiger partial charge in [0, 0.05) is 112 Å². The maximum atomic E-state index is 11.3. The monoisotopic (exact) mass is 1850 g/mol. The lowest BCUT2D eigenvalue weighted by atomic mass is 9.76. The van der Waals surface area contributed by atoms with Gasteiger partial charge in [-0.1, -0.05) is 118 Å². The number of hydrogen-bond acceptors (Lipinski definition) is 34. The van der Waals surface area contributed by atoms with Crippen LogP contribution in [0.1, 0.15) is 143 Å². The Morgan fingerprint density at radius 3 is 1.10 bits per heavy atom. The van der Waals surface area contributed by atoms with E-state index in [0.29, 0.717) is 139 Å². The van der Waals surface area contributed by atoms with E-state index in [-0.39, 0.29) is 33.9 Å². The lowest BCUT2D eigenvalue weighted by Gasteiger charge is -2.27. The van der Waals surface area contributed by atoms with Crippen LogP contribution in [0.5, 0.6) is 0 Å². The highest BCUT2D eigenvalue weighted by molar-refractivity contribution is 7.90. The van der Waals surface area contributed by atoms with Gasteiger partial charge < -0.3 is 66.2 Å². The quantitative estimate of drug-likeness (QED) is 0.0201. The van der Waals surface area contributed by atoms with Crippen molar-refractivity contribution in [2.75, 3.05) is 86.1 Å². The zero-order valence-electron chi connectivity index (χ0n) is 77.4. The Kier molecular flexibility index (Phi) is 27.2. The molecule has 4 fully saturated rings. The van der Waals surface area contributed by atoms with Crippen molar-refractivity contribution in [1.82, 2.24) is 105 Å². The number of anilines is 6. The Morgan fingerprint density at radius 1 is 0.419 bits per heavy atom. The highest BCUT2D eigenvalue weighted by Gasteiger charge is 2.51. The van der Waals surface area contributed by atoms with Gasteiger partial charge in [0.05, 0.1) is 112 Å². The number of aliphatic hydroxyl groups excluding tert-OH is 1. The molecule has 0 saturated heterocycles. The maximum Gasteiger partial charge on any atom is 0.261 e. The third-order valence-corrected chi connectivity index (χ3v) is 27.0. The second-order valence-corrected chi connectivity index (χ2v) is 38.1. The molecule has 0 spiro atoms. The number of aliphatic hydroxyl groups is 1. The molecule has 700 valence electrons. The van der Waals surface area contributed by atoms with E-state index in [1.54, 1.807) is 83.0 Å². The molecule has 37 heteroatoms. The first-order chi connectivity index (χ1) is 65.6. The van der Waals surface area contributed by atoms with E-state index in [1.165, 1.54) is 11.8 Å². The van der Waals surface area contributed by atoms with E-state index in [4.69, 9.17) is 70.4 Å². The van der Waals surface area contributed by atoms with Gasteiger partial charge in [0.2, 0.25) is 11.9 Å². The van der Waals surface area contributed by atoms with Crippen molar-refractivity contribution in [3.05, 3.63) is 259 Å². The Bertz CT molecular complexity index is 6660. The maximum absolute atomic E-state index is 11.3. The highest BCUT2D eigenvalue weighted by atomic mass is 32.2. The number of methoxy groups -OCH3 is 2. The number of pyridine rings is 3. The smallest absolute Gasteiger partial charge is 0.261 e. The number of aromatic nitrogens is 21. The van der Waals surface area contributed by atoms with Gasteiger partial charge in [-0.25, -0.2) is 53.3 Å². The number of nitrogens with two attached hydrogens (primary N) is 4. The molecule has 0 radical (unpaired) electrons. The fourth-order valence-electron chi connectivity index (χ4n) is 16.8. The minimum atomic E-state index is -3.03. The molecule has 12 heterocycles. The Morgan fingerprint density at radius 2 is 0.757 bits per heavy atom. The third-order valence-electron chi connectivity index (χ3n) is 26.0. The van der Waals surface area contributed by atoms with Crippen LogP contribution in [0.3, 0.4) is 0 Å². The summed E-state index contributed by atoms with van der Waals surface area (Å²) in [4.78, 5) is 57.2. The predicted octanol–water partition coefficient (Wildman–Crippen LogP) is 14.9. The van der Waals surface area contributed by atoms with Gasteiger partial charge in [-0.15, -0.1) is 0 Å². The van der Waals surface area contributed by atoms with Crippen LogP contribution in [0.25, 0.3) is 90.5 Å². The number of sulfone groups is 1. The number of ether oxygens (including phenoxy) is 2. The summed E-state index contributed by atoms with van der Waals surface area (Å²) < 4.78 is 59.1. The summed E-state index contributed by atoms with van der Waals surface area (Å²) in [5.41, 5.74) is 38.6. The van der Waals surface area contributed by atoms with Crippen LogP contribution in [0.2, 0.25) is 0 Å². The molecule has 12 aromatic heterocycles. The number of nitrogens with one attached hydrogen (secondary N) is 2. The average molecular weight is 1850 g/mol. The van der Waals surface area contributed by atoms with E-state index in [2.05, 4.69) is 205 Å². The molecule has 20 rings (SSSR count). The summed E-state index contributed by atoms with van der Waals surface area (Å²) in [5.74, 6) is 9.16. The number of nitrogens with zero attached hydrogens (tertiary/aromatic N) is 21. The Balaban J connectivity index is 0.000000126. The van der Waals surface area contributed by atoms with Crippen LogP contribution < -0.4 is 33.6 Å². The van der Waals surface area contributed by atoms with Crippen molar-refractivity contribution in [3.8, 4) is 90.5 Å². The summed E-state index contributed by atoms with van der Waals surface area (Å²) in [6, 6.07) is 43.0.